The first-order valence-corrected chi connectivity index (χ1v) is 11.8. The Morgan fingerprint density at radius 1 is 1.26 bits per heavy atom. The van der Waals surface area contributed by atoms with Gasteiger partial charge in [-0.2, -0.15) is 5.10 Å². The van der Waals surface area contributed by atoms with Crippen molar-refractivity contribution in [3.63, 3.8) is 0 Å². The first kappa shape index (κ1) is 23.6. The number of aromatic nitrogens is 3. The standard InChI is InChI=1S/C23H25N5O5S/c1-2-33-23(31)19-14-34-20(27-19)7-9-24-21(29)15-3-5-18(6-4-15)28-12-17(11-25-28)26-22(30)16-8-10-32-13-16/h3-6,11-12,14,16H,2,7-10,13H2,1H3,(H,24,29)(H,26,30). The molecule has 1 aliphatic rings. The van der Waals surface area contributed by atoms with Gasteiger partial charge in [-0.25, -0.2) is 14.5 Å². The average Bonchev–Trinajstić information content (AvgIpc) is 3.61. The quantitative estimate of drug-likeness (QED) is 0.448. The number of thiazole rings is 1. The SMILES string of the molecule is CCOC(=O)c1csc(CCNC(=O)c2ccc(-n3cc(NC(=O)C4CCOC4)cn3)cc2)n1. The van der Waals surface area contributed by atoms with Gasteiger partial charge in [-0.3, -0.25) is 9.59 Å². The summed E-state index contributed by atoms with van der Waals surface area (Å²) in [4.78, 5) is 40.6. The average molecular weight is 484 g/mol. The zero-order valence-electron chi connectivity index (χ0n) is 18.7. The summed E-state index contributed by atoms with van der Waals surface area (Å²) in [7, 11) is 0. The molecule has 10 nitrogen and oxygen atoms in total. The molecule has 1 aromatic carbocycles. The van der Waals surface area contributed by atoms with E-state index in [2.05, 4.69) is 20.7 Å². The van der Waals surface area contributed by atoms with Gasteiger partial charge < -0.3 is 20.1 Å². The molecule has 11 heteroatoms. The van der Waals surface area contributed by atoms with Crippen molar-refractivity contribution in [2.75, 3.05) is 31.7 Å². The minimum atomic E-state index is -0.441. The van der Waals surface area contributed by atoms with Gasteiger partial charge in [0.25, 0.3) is 5.91 Å². The Labute approximate surface area is 200 Å². The maximum atomic E-state index is 12.5. The maximum Gasteiger partial charge on any atom is 0.357 e. The molecule has 1 unspecified atom stereocenters. The van der Waals surface area contributed by atoms with Gasteiger partial charge in [0.05, 0.1) is 47.9 Å². The van der Waals surface area contributed by atoms with Crippen LogP contribution in [-0.4, -0.2) is 58.9 Å². The predicted molar refractivity (Wildman–Crippen MR) is 125 cm³/mol. The van der Waals surface area contributed by atoms with Crippen molar-refractivity contribution in [1.29, 1.82) is 0 Å². The van der Waals surface area contributed by atoms with Crippen molar-refractivity contribution in [1.82, 2.24) is 20.1 Å². The Kier molecular flexibility index (Phi) is 7.65. The Hall–Kier alpha value is -3.57. The van der Waals surface area contributed by atoms with Crippen LogP contribution in [0.5, 0.6) is 0 Å². The minimum Gasteiger partial charge on any atom is -0.461 e. The highest BCUT2D eigenvalue weighted by Gasteiger charge is 2.23. The van der Waals surface area contributed by atoms with Crippen LogP contribution in [0.2, 0.25) is 0 Å². The van der Waals surface area contributed by atoms with E-state index in [0.29, 0.717) is 44.0 Å². The first-order chi connectivity index (χ1) is 16.5. The molecule has 0 aliphatic carbocycles. The first-order valence-electron chi connectivity index (χ1n) is 11.0. The van der Waals surface area contributed by atoms with E-state index in [4.69, 9.17) is 9.47 Å². The zero-order valence-corrected chi connectivity index (χ0v) is 19.5. The van der Waals surface area contributed by atoms with E-state index >= 15 is 0 Å². The Balaban J connectivity index is 1.27. The van der Waals surface area contributed by atoms with Crippen LogP contribution < -0.4 is 10.6 Å². The summed E-state index contributed by atoms with van der Waals surface area (Å²) in [5, 5.41) is 12.4. The number of nitrogens with zero attached hydrogens (tertiary/aromatic N) is 3. The van der Waals surface area contributed by atoms with E-state index < -0.39 is 5.97 Å². The number of carbonyl (C=O) groups is 3. The molecule has 0 bridgehead atoms. The third-order valence-corrected chi connectivity index (χ3v) is 6.11. The van der Waals surface area contributed by atoms with Crippen LogP contribution in [0, 0.1) is 5.92 Å². The van der Waals surface area contributed by atoms with Gasteiger partial charge in [0, 0.05) is 30.5 Å². The third kappa shape index (κ3) is 5.86. The Morgan fingerprint density at radius 2 is 2.09 bits per heavy atom. The summed E-state index contributed by atoms with van der Waals surface area (Å²) in [6.45, 7) is 3.49. The van der Waals surface area contributed by atoms with Gasteiger partial charge in [-0.1, -0.05) is 0 Å². The second kappa shape index (κ2) is 11.0. The van der Waals surface area contributed by atoms with Crippen molar-refractivity contribution >= 4 is 34.8 Å². The topological polar surface area (TPSA) is 124 Å². The lowest BCUT2D eigenvalue weighted by Gasteiger charge is -2.07. The van der Waals surface area contributed by atoms with Gasteiger partial charge in [0.15, 0.2) is 5.69 Å². The number of rotatable bonds is 9. The molecule has 2 aromatic heterocycles. The maximum absolute atomic E-state index is 12.5. The van der Waals surface area contributed by atoms with Gasteiger partial charge in [-0.15, -0.1) is 11.3 Å². The summed E-state index contributed by atoms with van der Waals surface area (Å²) in [5.74, 6) is -0.847. The molecule has 2 N–H and O–H groups in total. The molecule has 1 atom stereocenters. The van der Waals surface area contributed by atoms with Gasteiger partial charge >= 0.3 is 5.97 Å². The van der Waals surface area contributed by atoms with Crippen molar-refractivity contribution < 1.29 is 23.9 Å². The number of nitrogens with one attached hydrogen (secondary N) is 2. The van der Waals surface area contributed by atoms with Crippen LogP contribution in [0.1, 0.15) is 39.2 Å². The third-order valence-electron chi connectivity index (χ3n) is 5.21. The lowest BCUT2D eigenvalue weighted by Crippen LogP contribution is -2.25. The van der Waals surface area contributed by atoms with Crippen LogP contribution in [0.3, 0.4) is 0 Å². The molecular weight excluding hydrogens is 458 g/mol. The number of hydrogen-bond acceptors (Lipinski definition) is 8. The highest BCUT2D eigenvalue weighted by Crippen LogP contribution is 2.17. The van der Waals surface area contributed by atoms with Crippen molar-refractivity contribution in [2.45, 2.75) is 19.8 Å². The van der Waals surface area contributed by atoms with Crippen LogP contribution >= 0.6 is 11.3 Å². The summed E-state index contributed by atoms with van der Waals surface area (Å²) in [5.41, 5.74) is 2.16. The van der Waals surface area contributed by atoms with Crippen LogP contribution in [0.15, 0.2) is 42.0 Å². The Bertz CT molecular complexity index is 1150. The van der Waals surface area contributed by atoms with E-state index in [-0.39, 0.29) is 23.4 Å². The van der Waals surface area contributed by atoms with Gasteiger partial charge in [0.1, 0.15) is 0 Å². The van der Waals surface area contributed by atoms with Gasteiger partial charge in [-0.05, 0) is 37.6 Å². The van der Waals surface area contributed by atoms with E-state index in [1.807, 2.05) is 0 Å². The molecule has 1 fully saturated rings. The molecule has 3 heterocycles. The van der Waals surface area contributed by atoms with Crippen LogP contribution in [-0.2, 0) is 20.7 Å². The van der Waals surface area contributed by atoms with Gasteiger partial charge in [0.2, 0.25) is 5.91 Å². The summed E-state index contributed by atoms with van der Waals surface area (Å²) < 4.78 is 11.8. The fourth-order valence-electron chi connectivity index (χ4n) is 3.39. The molecule has 34 heavy (non-hydrogen) atoms. The lowest BCUT2D eigenvalue weighted by molar-refractivity contribution is -0.119. The van der Waals surface area contributed by atoms with E-state index in [9.17, 15) is 14.4 Å². The fourth-order valence-corrected chi connectivity index (χ4v) is 4.16. The monoisotopic (exact) mass is 483 g/mol. The number of esters is 1. The number of benzene rings is 1. The minimum absolute atomic E-state index is 0.0704. The molecule has 4 rings (SSSR count). The highest BCUT2D eigenvalue weighted by atomic mass is 32.1. The number of ether oxygens (including phenoxy) is 2. The molecule has 1 aliphatic heterocycles. The summed E-state index contributed by atoms with van der Waals surface area (Å²) in [6, 6.07) is 6.99. The Morgan fingerprint density at radius 3 is 2.82 bits per heavy atom. The highest BCUT2D eigenvalue weighted by molar-refractivity contribution is 7.09. The van der Waals surface area contributed by atoms with Crippen molar-refractivity contribution in [3.05, 3.63) is 58.3 Å². The molecule has 0 spiro atoms. The number of carbonyl (C=O) groups excluding carboxylic acids is 3. The fraction of sp³-hybridized carbons (Fsp3) is 0.348. The second-order valence-electron chi connectivity index (χ2n) is 7.62. The van der Waals surface area contributed by atoms with Crippen LogP contribution in [0.25, 0.3) is 5.69 Å². The molecule has 0 saturated carbocycles. The van der Waals surface area contributed by atoms with Crippen LogP contribution in [0.4, 0.5) is 5.69 Å². The predicted octanol–water partition coefficient (Wildman–Crippen LogP) is 2.45. The summed E-state index contributed by atoms with van der Waals surface area (Å²) in [6.07, 6.45) is 4.55. The van der Waals surface area contributed by atoms with Crippen molar-refractivity contribution in [2.24, 2.45) is 5.92 Å². The largest absolute Gasteiger partial charge is 0.461 e. The lowest BCUT2D eigenvalue weighted by atomic mass is 10.1. The second-order valence-corrected chi connectivity index (χ2v) is 8.57. The van der Waals surface area contributed by atoms with Crippen molar-refractivity contribution in [3.8, 4) is 5.69 Å². The number of amides is 2. The van der Waals surface area contributed by atoms with E-state index in [1.54, 1.807) is 53.6 Å². The molecule has 1 saturated heterocycles. The van der Waals surface area contributed by atoms with E-state index in [0.717, 1.165) is 17.1 Å². The van der Waals surface area contributed by atoms with E-state index in [1.165, 1.54) is 11.3 Å². The smallest absolute Gasteiger partial charge is 0.357 e. The summed E-state index contributed by atoms with van der Waals surface area (Å²) >= 11 is 1.36. The molecule has 0 radical (unpaired) electrons. The normalized spacial score (nSPS) is 15.1. The molecule has 2 amide bonds. The molecule has 3 aromatic rings. The zero-order chi connectivity index (χ0) is 23.9. The molecule has 178 valence electrons. The molecular formula is C23H25N5O5S. The number of hydrogen-bond donors (Lipinski definition) is 2. The number of anilines is 1.